The number of aromatic amines is 1. The molecule has 0 bridgehead atoms. The molecule has 7 aliphatic rings. The number of fused-ring (bicyclic) bond motifs is 3. The summed E-state index contributed by atoms with van der Waals surface area (Å²) in [4.78, 5) is 32.7. The van der Waals surface area contributed by atoms with E-state index in [0.29, 0.717) is 55.2 Å². The number of H-pyrrole nitrogens is 1. The molecule has 420 valence electrons. The minimum atomic E-state index is -5.19. The van der Waals surface area contributed by atoms with Crippen molar-refractivity contribution < 1.29 is 39.9 Å². The Bertz CT molecular complexity index is 3560. The number of carbonyl (C=O) groups is 1. The third-order valence-electron chi connectivity index (χ3n) is 15.7. The molecule has 6 N–H and O–H groups in total. The van der Waals surface area contributed by atoms with Crippen LogP contribution in [0.2, 0.25) is 20.6 Å². The van der Waals surface area contributed by atoms with Crippen molar-refractivity contribution >= 4 is 89.3 Å². The third kappa shape index (κ3) is 12.3. The zero-order valence-electron chi connectivity index (χ0n) is 42.5. The summed E-state index contributed by atoms with van der Waals surface area (Å²) in [5.74, 6) is 1.22. The van der Waals surface area contributed by atoms with Crippen LogP contribution in [0.25, 0.3) is 16.6 Å². The number of nitrogens with one attached hydrogen (secondary N) is 2. The van der Waals surface area contributed by atoms with Gasteiger partial charge >= 0.3 is 6.18 Å². The van der Waals surface area contributed by atoms with Gasteiger partial charge in [0.2, 0.25) is 0 Å². The molecule has 77 heavy (non-hydrogen) atoms. The van der Waals surface area contributed by atoms with Crippen molar-refractivity contribution in [2.24, 2.45) is 21.1 Å². The highest BCUT2D eigenvalue weighted by Crippen LogP contribution is 2.63. The maximum atomic E-state index is 11.8. The normalized spacial score (nSPS) is 22.7. The van der Waals surface area contributed by atoms with Crippen molar-refractivity contribution in [1.29, 1.82) is 0 Å². The molecule has 0 unspecified atom stereocenters. The summed E-state index contributed by atoms with van der Waals surface area (Å²) in [6.07, 6.45) is 7.37. The highest BCUT2D eigenvalue weighted by Gasteiger charge is 2.56. The second kappa shape index (κ2) is 21.0. The fourth-order valence-corrected chi connectivity index (χ4v) is 13.0. The first-order chi connectivity index (χ1) is 35.9. The summed E-state index contributed by atoms with van der Waals surface area (Å²) in [5.41, 5.74) is 7.02. The van der Waals surface area contributed by atoms with E-state index in [9.17, 15) is 34.8 Å². The molecular formula is C47H58Cl4F3N14O7S2-. The summed E-state index contributed by atoms with van der Waals surface area (Å²) >= 11 is 24.6. The van der Waals surface area contributed by atoms with Crippen LogP contribution in [-0.2, 0) is 25.2 Å². The third-order valence-corrected chi connectivity index (χ3v) is 18.9. The fraction of sp³-hybridized carbons (Fsp3) is 0.596. The van der Waals surface area contributed by atoms with Crippen LogP contribution in [-0.4, -0.2) is 121 Å². The summed E-state index contributed by atoms with van der Waals surface area (Å²) < 4.78 is 84.2. The van der Waals surface area contributed by atoms with Crippen LogP contribution in [0, 0.1) is 31.6 Å². The van der Waals surface area contributed by atoms with Crippen molar-refractivity contribution in [3.05, 3.63) is 89.0 Å². The molecule has 13 rings (SSSR count). The molecule has 1 aliphatic heterocycles. The molecular weight excluding hydrogens is 1140 g/mol. The van der Waals surface area contributed by atoms with E-state index in [1.165, 1.54) is 13.1 Å². The number of nitrogens with zero attached hydrogens (tertiary/aromatic N) is 10. The first-order valence-corrected chi connectivity index (χ1v) is 29.4. The predicted molar refractivity (Wildman–Crippen MR) is 281 cm³/mol. The maximum absolute atomic E-state index is 11.8. The van der Waals surface area contributed by atoms with Crippen molar-refractivity contribution in [2.75, 3.05) is 27.2 Å². The number of alkyl halides is 3. The van der Waals surface area contributed by atoms with Gasteiger partial charge in [-0.3, -0.25) is 4.79 Å². The standard InChI is InChI=1S/C18H24ClN5O2S.C10H9Cl2N3.C10H10ClN3O.C7H15N3O2S.C2HF3O2/c1-10-5-14(19)24-16(10)15(21-17(22-24)11-3-4-11)12-6-18(7-12)8-13(9-18)23(2)27(20,25)26;1-5-4-7(11)15-8(5)9(12)13-10(14-15)6-2-3-6;1-5-4-7(11)14-8(5)10(15)12-9(13-14)6-2-3-6;1-10(13(8,11)12)6-2-7(3-6)4-9-5-7;3-2(4,5)1(6)7/h5,11-13H,3-4,6-9H2,1-2H3,(H2,20,25,26);4,6H,2-3H2,1H3;4,6H,2-3H2,1H3,(H,12,13,15);6,9H,2-5H2,1H3,(H2,8,11,12);(H,6,7)/p-1. The van der Waals surface area contributed by atoms with Crippen molar-refractivity contribution in [1.82, 2.24) is 57.7 Å². The van der Waals surface area contributed by atoms with Crippen LogP contribution < -0.4 is 26.3 Å². The maximum Gasteiger partial charge on any atom is 0.430 e. The Hall–Kier alpha value is -4.22. The Labute approximate surface area is 461 Å². The van der Waals surface area contributed by atoms with E-state index >= 15 is 0 Å². The highest BCUT2D eigenvalue weighted by molar-refractivity contribution is 7.87. The molecule has 0 radical (unpaired) electrons. The van der Waals surface area contributed by atoms with Gasteiger partial charge in [0, 0.05) is 62.9 Å². The molecule has 2 spiro atoms. The lowest BCUT2D eigenvalue weighted by Crippen LogP contribution is -2.65. The number of hydrogen-bond donors (Lipinski definition) is 4. The average Bonchev–Trinajstić information content (AvgIpc) is 4.16. The minimum Gasteiger partial charge on any atom is -0.542 e. The number of aromatic nitrogens is 9. The first-order valence-electron chi connectivity index (χ1n) is 24.9. The van der Waals surface area contributed by atoms with Crippen LogP contribution in [0.3, 0.4) is 0 Å². The van der Waals surface area contributed by atoms with Crippen molar-refractivity contribution in [3.8, 4) is 0 Å². The Kier molecular flexibility index (Phi) is 15.7. The smallest absolute Gasteiger partial charge is 0.430 e. The SMILES string of the molecule is CN(C1CC2(CNC2)C1)S(N)(=O)=O.Cc1cc(Cl)n2nc(C3CC3)[nH]c(=O)c12.Cc1cc(Cl)n2nc(C3CC3)nc(C3CC4(C3)CC(N(C)S(N)(=O)=O)C4)c12.Cc1cc(Cl)n2nc(C3CC3)nc(Cl)c12.O=C([O-])C(F)(F)F. The lowest BCUT2D eigenvalue weighted by Gasteiger charge is -2.59. The van der Waals surface area contributed by atoms with Crippen molar-refractivity contribution in [2.45, 2.75) is 140 Å². The molecule has 0 aromatic carbocycles. The van der Waals surface area contributed by atoms with Gasteiger partial charge in [-0.1, -0.05) is 46.4 Å². The number of halogens is 7. The number of hydrogen-bond acceptors (Lipinski definition) is 13. The zero-order valence-corrected chi connectivity index (χ0v) is 47.2. The van der Waals surface area contributed by atoms with Crippen LogP contribution in [0.4, 0.5) is 13.2 Å². The van der Waals surface area contributed by atoms with Crippen LogP contribution in [0.1, 0.15) is 141 Å². The predicted octanol–water partition coefficient (Wildman–Crippen LogP) is 5.99. The zero-order chi connectivity index (χ0) is 56.1. The number of nitrogens with two attached hydrogens (primary N) is 2. The molecule has 6 aliphatic carbocycles. The quantitative estimate of drug-likeness (QED) is 0.136. The van der Waals surface area contributed by atoms with Gasteiger partial charge in [0.1, 0.15) is 38.3 Å². The Balaban J connectivity index is 0.000000125. The van der Waals surface area contributed by atoms with Gasteiger partial charge < -0.3 is 20.2 Å². The Morgan fingerprint density at radius 1 is 0.662 bits per heavy atom. The molecule has 0 atom stereocenters. The topological polar surface area (TPSA) is 289 Å². The van der Waals surface area contributed by atoms with Gasteiger partial charge in [-0.15, -0.1) is 0 Å². The van der Waals surface area contributed by atoms with E-state index < -0.39 is 32.6 Å². The molecule has 6 aromatic rings. The average molecular weight is 1190 g/mol. The Morgan fingerprint density at radius 3 is 1.48 bits per heavy atom. The van der Waals surface area contributed by atoms with Gasteiger partial charge in [0.05, 0.1) is 11.2 Å². The lowest BCUT2D eigenvalue weighted by molar-refractivity contribution is -0.344. The van der Waals surface area contributed by atoms with Gasteiger partial charge in [-0.05, 0) is 144 Å². The number of aliphatic carboxylic acids is 1. The van der Waals surface area contributed by atoms with E-state index in [1.807, 2.05) is 30.5 Å². The van der Waals surface area contributed by atoms with Gasteiger partial charge in [-0.25, -0.2) is 33.8 Å². The molecule has 1 saturated heterocycles. The number of rotatable bonds is 8. The number of carboxylic acids is 1. The number of carbonyl (C=O) groups excluding carboxylic acids is 1. The summed E-state index contributed by atoms with van der Waals surface area (Å²) in [6.45, 7) is 7.92. The van der Waals surface area contributed by atoms with E-state index in [4.69, 9.17) is 71.6 Å². The lowest BCUT2D eigenvalue weighted by atomic mass is 9.49. The van der Waals surface area contributed by atoms with Crippen molar-refractivity contribution in [3.63, 3.8) is 0 Å². The van der Waals surface area contributed by atoms with Gasteiger partial charge in [-0.2, -0.15) is 53.9 Å². The second-order valence-corrected chi connectivity index (χ2v) is 26.5. The molecule has 30 heteroatoms. The number of carboxylic acid groups (broad SMARTS) is 1. The molecule has 7 heterocycles. The summed E-state index contributed by atoms with van der Waals surface area (Å²) in [6, 6.07) is 5.72. The van der Waals surface area contributed by atoms with E-state index in [-0.39, 0.29) is 23.1 Å². The number of aryl methyl sites for hydroxylation is 3. The molecule has 6 saturated carbocycles. The Morgan fingerprint density at radius 2 is 1.06 bits per heavy atom. The van der Waals surface area contributed by atoms with Gasteiger partial charge in [0.15, 0.2) is 16.8 Å². The van der Waals surface area contributed by atoms with Crippen LogP contribution in [0.5, 0.6) is 0 Å². The van der Waals surface area contributed by atoms with Crippen LogP contribution in [0.15, 0.2) is 23.0 Å². The second-order valence-electron chi connectivity index (χ2n) is 21.8. The van der Waals surface area contributed by atoms with E-state index in [2.05, 4.69) is 37.5 Å². The highest BCUT2D eigenvalue weighted by atomic mass is 35.5. The first kappa shape index (κ1) is 57.5. The minimum absolute atomic E-state index is 0.0258. The molecule has 21 nitrogen and oxygen atoms in total. The molecule has 0 amide bonds. The van der Waals surface area contributed by atoms with E-state index in [0.717, 1.165) is 141 Å². The van der Waals surface area contributed by atoms with Crippen LogP contribution >= 0.6 is 46.4 Å². The molecule has 7 fully saturated rings. The summed E-state index contributed by atoms with van der Waals surface area (Å²) in [5, 5.41) is 37.9. The van der Waals surface area contributed by atoms with E-state index in [1.54, 1.807) is 24.7 Å². The fourth-order valence-electron chi connectivity index (χ4n) is 10.7. The largest absolute Gasteiger partial charge is 0.542 e. The molecule has 6 aromatic heterocycles. The monoisotopic (exact) mass is 1190 g/mol. The van der Waals surface area contributed by atoms with Gasteiger partial charge in [0.25, 0.3) is 26.0 Å². The summed E-state index contributed by atoms with van der Waals surface area (Å²) in [7, 11) is -3.96.